The predicted molar refractivity (Wildman–Crippen MR) is 97.1 cm³/mol. The average molecular weight is 369 g/mol. The first-order valence-electron chi connectivity index (χ1n) is 9.04. The van der Waals surface area contributed by atoms with E-state index < -0.39 is 5.54 Å². The van der Waals surface area contributed by atoms with Gasteiger partial charge in [-0.1, -0.05) is 24.3 Å². The Morgan fingerprint density at radius 3 is 2.67 bits per heavy atom. The first kappa shape index (κ1) is 17.7. The number of hydrogen-bond acceptors (Lipinski definition) is 5. The monoisotopic (exact) mass is 369 g/mol. The molecule has 1 spiro atoms. The molecule has 2 aliphatic heterocycles. The van der Waals surface area contributed by atoms with Gasteiger partial charge in [0.2, 0.25) is 5.91 Å². The van der Waals surface area contributed by atoms with Gasteiger partial charge in [0, 0.05) is 32.9 Å². The molecule has 1 atom stereocenters. The number of carbonyl (C=O) groups is 2. The second-order valence-electron chi connectivity index (χ2n) is 7.35. The number of hydrogen-bond donors (Lipinski definition) is 2. The molecule has 0 radical (unpaired) electrons. The highest BCUT2D eigenvalue weighted by Gasteiger charge is 2.52. The van der Waals surface area contributed by atoms with Gasteiger partial charge in [0.05, 0.1) is 18.6 Å². The van der Waals surface area contributed by atoms with Crippen molar-refractivity contribution in [2.75, 3.05) is 13.1 Å². The summed E-state index contributed by atoms with van der Waals surface area (Å²) in [6, 6.07) is 9.51. The van der Waals surface area contributed by atoms with Crippen LogP contribution in [0.15, 0.2) is 36.5 Å². The quantitative estimate of drug-likeness (QED) is 0.816. The van der Waals surface area contributed by atoms with E-state index in [-0.39, 0.29) is 18.4 Å². The highest BCUT2D eigenvalue weighted by atomic mass is 16.3. The van der Waals surface area contributed by atoms with Crippen molar-refractivity contribution in [3.8, 4) is 0 Å². The highest BCUT2D eigenvalue weighted by molar-refractivity contribution is 5.96. The molecule has 3 heterocycles. The molecule has 1 unspecified atom stereocenters. The van der Waals surface area contributed by atoms with Gasteiger partial charge in [-0.3, -0.25) is 24.6 Å². The van der Waals surface area contributed by atoms with Gasteiger partial charge in [-0.2, -0.15) is 5.10 Å². The number of rotatable bonds is 4. The summed E-state index contributed by atoms with van der Waals surface area (Å²) in [7, 11) is 1.72. The average Bonchev–Trinajstić information content (AvgIpc) is 3.35. The smallest absolute Gasteiger partial charge is 0.291 e. The standard InChI is InChI=1S/C19H23N5O3/c1-22-16(6-8-20-22)18(27)24-19(10-17(26)21-24)7-9-23(13-19)11-14-2-4-15(12-25)5-3-14/h2-6,8,25H,7,9-13H2,1H3,(H,21,26). The van der Waals surface area contributed by atoms with Crippen LogP contribution in [0.3, 0.4) is 0 Å². The number of aryl methyl sites for hydroxylation is 1. The topological polar surface area (TPSA) is 90.7 Å². The molecule has 2 aromatic rings. The van der Waals surface area contributed by atoms with Crippen LogP contribution in [0.4, 0.5) is 0 Å². The molecular weight excluding hydrogens is 346 g/mol. The Morgan fingerprint density at radius 1 is 1.26 bits per heavy atom. The molecule has 27 heavy (non-hydrogen) atoms. The van der Waals surface area contributed by atoms with E-state index in [0.717, 1.165) is 30.6 Å². The molecule has 4 rings (SSSR count). The third-order valence-electron chi connectivity index (χ3n) is 5.47. The third-order valence-corrected chi connectivity index (χ3v) is 5.47. The molecule has 2 amide bonds. The Labute approximate surface area is 157 Å². The summed E-state index contributed by atoms with van der Waals surface area (Å²) in [5, 5.41) is 14.7. The maximum atomic E-state index is 13.0. The van der Waals surface area contributed by atoms with Crippen molar-refractivity contribution in [1.29, 1.82) is 0 Å². The van der Waals surface area contributed by atoms with Crippen LogP contribution in [0.5, 0.6) is 0 Å². The number of hydrazine groups is 1. The predicted octanol–water partition coefficient (Wildman–Crippen LogP) is 0.434. The van der Waals surface area contributed by atoms with Crippen LogP contribution in [-0.4, -0.2) is 55.2 Å². The zero-order valence-corrected chi connectivity index (χ0v) is 15.3. The number of benzene rings is 1. The van der Waals surface area contributed by atoms with Crippen LogP contribution in [0.2, 0.25) is 0 Å². The normalized spacial score (nSPS) is 22.6. The van der Waals surface area contributed by atoms with Gasteiger partial charge >= 0.3 is 0 Å². The Morgan fingerprint density at radius 2 is 2.00 bits per heavy atom. The van der Waals surface area contributed by atoms with Crippen molar-refractivity contribution in [3.05, 3.63) is 53.3 Å². The van der Waals surface area contributed by atoms with E-state index in [0.29, 0.717) is 18.7 Å². The molecule has 2 N–H and O–H groups in total. The van der Waals surface area contributed by atoms with E-state index in [2.05, 4.69) is 15.4 Å². The molecule has 8 heteroatoms. The minimum atomic E-state index is -0.524. The van der Waals surface area contributed by atoms with Crippen molar-refractivity contribution >= 4 is 11.8 Å². The van der Waals surface area contributed by atoms with Gasteiger partial charge in [-0.25, -0.2) is 5.01 Å². The van der Waals surface area contributed by atoms with E-state index >= 15 is 0 Å². The maximum Gasteiger partial charge on any atom is 0.291 e. The number of carbonyl (C=O) groups excluding carboxylic acids is 2. The van der Waals surface area contributed by atoms with Crippen LogP contribution >= 0.6 is 0 Å². The van der Waals surface area contributed by atoms with Crippen molar-refractivity contribution in [3.63, 3.8) is 0 Å². The Hall–Kier alpha value is -2.71. The Bertz CT molecular complexity index is 862. The summed E-state index contributed by atoms with van der Waals surface area (Å²) < 4.78 is 1.52. The summed E-state index contributed by atoms with van der Waals surface area (Å²) in [5.41, 5.74) is 4.71. The molecule has 0 bridgehead atoms. The van der Waals surface area contributed by atoms with E-state index in [1.54, 1.807) is 19.3 Å². The van der Waals surface area contributed by atoms with Gasteiger partial charge in [0.15, 0.2) is 0 Å². The Balaban J connectivity index is 1.50. The van der Waals surface area contributed by atoms with E-state index in [1.807, 2.05) is 24.3 Å². The van der Waals surface area contributed by atoms with Crippen LogP contribution in [-0.2, 0) is 25.0 Å². The van der Waals surface area contributed by atoms with Crippen LogP contribution in [0.1, 0.15) is 34.5 Å². The summed E-state index contributed by atoms with van der Waals surface area (Å²) in [6.45, 7) is 2.23. The van der Waals surface area contributed by atoms with Crippen molar-refractivity contribution in [1.82, 2.24) is 25.1 Å². The zero-order valence-electron chi connectivity index (χ0n) is 15.3. The molecule has 0 aliphatic carbocycles. The maximum absolute atomic E-state index is 13.0. The lowest BCUT2D eigenvalue weighted by molar-refractivity contribution is -0.120. The fourth-order valence-corrected chi connectivity index (χ4v) is 4.04. The zero-order chi connectivity index (χ0) is 19.0. The Kier molecular flexibility index (Phi) is 4.45. The minimum absolute atomic E-state index is 0.0337. The van der Waals surface area contributed by atoms with Crippen molar-refractivity contribution < 1.29 is 14.7 Å². The van der Waals surface area contributed by atoms with Crippen molar-refractivity contribution in [2.24, 2.45) is 7.05 Å². The number of likely N-dealkylation sites (tertiary alicyclic amines) is 1. The van der Waals surface area contributed by atoms with Crippen LogP contribution < -0.4 is 5.43 Å². The number of nitrogens with one attached hydrogen (secondary N) is 1. The van der Waals surface area contributed by atoms with Gasteiger partial charge in [-0.05, 0) is 23.6 Å². The lowest BCUT2D eigenvalue weighted by Gasteiger charge is -2.33. The summed E-state index contributed by atoms with van der Waals surface area (Å²) in [6.07, 6.45) is 2.63. The second kappa shape index (κ2) is 6.79. The van der Waals surface area contributed by atoms with E-state index in [4.69, 9.17) is 5.11 Å². The van der Waals surface area contributed by atoms with Crippen molar-refractivity contribution in [2.45, 2.75) is 31.5 Å². The highest BCUT2D eigenvalue weighted by Crippen LogP contribution is 2.35. The molecule has 2 saturated heterocycles. The van der Waals surface area contributed by atoms with Crippen LogP contribution in [0, 0.1) is 0 Å². The summed E-state index contributed by atoms with van der Waals surface area (Å²) in [5.74, 6) is -0.352. The minimum Gasteiger partial charge on any atom is -0.392 e. The number of amides is 2. The van der Waals surface area contributed by atoms with Gasteiger partial charge < -0.3 is 5.11 Å². The molecule has 2 fully saturated rings. The SMILES string of the molecule is Cn1nccc1C(=O)N1NC(=O)CC12CCN(Cc1ccc(CO)cc1)C2. The number of aliphatic hydroxyl groups is 1. The first-order chi connectivity index (χ1) is 13.0. The fourth-order valence-electron chi connectivity index (χ4n) is 4.04. The second-order valence-corrected chi connectivity index (χ2v) is 7.35. The fraction of sp³-hybridized carbons (Fsp3) is 0.421. The van der Waals surface area contributed by atoms with Gasteiger partial charge in [-0.15, -0.1) is 0 Å². The molecule has 0 saturated carbocycles. The summed E-state index contributed by atoms with van der Waals surface area (Å²) >= 11 is 0. The molecule has 1 aromatic heterocycles. The third kappa shape index (κ3) is 3.22. The first-order valence-corrected chi connectivity index (χ1v) is 9.04. The molecule has 1 aromatic carbocycles. The largest absolute Gasteiger partial charge is 0.392 e. The molecule has 142 valence electrons. The van der Waals surface area contributed by atoms with E-state index in [1.165, 1.54) is 9.69 Å². The summed E-state index contributed by atoms with van der Waals surface area (Å²) in [4.78, 5) is 27.4. The lowest BCUT2D eigenvalue weighted by Crippen LogP contribution is -2.53. The number of aromatic nitrogens is 2. The molecular formula is C19H23N5O3. The number of nitrogens with zero attached hydrogens (tertiary/aromatic N) is 4. The van der Waals surface area contributed by atoms with Crippen LogP contribution in [0.25, 0.3) is 0 Å². The van der Waals surface area contributed by atoms with Gasteiger partial charge in [0.25, 0.3) is 5.91 Å². The van der Waals surface area contributed by atoms with E-state index in [9.17, 15) is 9.59 Å². The van der Waals surface area contributed by atoms with Gasteiger partial charge in [0.1, 0.15) is 5.69 Å². The number of aliphatic hydroxyl groups excluding tert-OH is 1. The molecule has 8 nitrogen and oxygen atoms in total. The molecule has 2 aliphatic rings. The lowest BCUT2D eigenvalue weighted by atomic mass is 9.94.